The maximum atomic E-state index is 13.4. The van der Waals surface area contributed by atoms with Crippen LogP contribution in [0.1, 0.15) is 49.5 Å². The summed E-state index contributed by atoms with van der Waals surface area (Å²) in [5.74, 6) is -0.423. The summed E-state index contributed by atoms with van der Waals surface area (Å²) in [6.45, 7) is 7.33. The summed E-state index contributed by atoms with van der Waals surface area (Å²) in [6.07, 6.45) is -3.77. The monoisotopic (exact) mass is 589 g/mol. The molecule has 0 radical (unpaired) electrons. The summed E-state index contributed by atoms with van der Waals surface area (Å²) in [5, 5.41) is 5.99. The van der Waals surface area contributed by atoms with E-state index < -0.39 is 52.6 Å². The number of nitrogens with one attached hydrogen (secondary N) is 2. The zero-order valence-corrected chi connectivity index (χ0v) is 22.9. The van der Waals surface area contributed by atoms with E-state index in [1.807, 2.05) is 6.92 Å². The summed E-state index contributed by atoms with van der Waals surface area (Å²) >= 11 is 0. The van der Waals surface area contributed by atoms with Gasteiger partial charge in [0.05, 0.1) is 42.5 Å². The van der Waals surface area contributed by atoms with Gasteiger partial charge in [-0.2, -0.15) is 26.3 Å². The number of methoxy groups -OCH3 is 1. The van der Waals surface area contributed by atoms with Gasteiger partial charge in [-0.05, 0) is 56.0 Å². The number of benzene rings is 1. The van der Waals surface area contributed by atoms with Crippen molar-refractivity contribution in [2.24, 2.45) is 0 Å². The largest absolute Gasteiger partial charge is 0.416 e. The number of piperidine rings is 1. The molecule has 7 nitrogen and oxygen atoms in total. The fraction of sp³-hybridized carbons (Fsp3) is 0.500. The third-order valence-electron chi connectivity index (χ3n) is 7.35. The molecule has 3 amide bonds. The SMILES string of the molecule is C=C(/C=C\C=C/C)[C@]1(CO[C@H](C)c2cc(C(F)(F)F)cc(C(F)(F)F)c2)CC[C@@]2(CN1)NC(=O)N(CCOC)C2=O. The predicted molar refractivity (Wildman–Crippen MR) is 139 cm³/mol. The molecule has 2 heterocycles. The number of hydrogen-bond acceptors (Lipinski definition) is 5. The van der Waals surface area contributed by atoms with Gasteiger partial charge in [0, 0.05) is 13.7 Å². The molecule has 2 saturated heterocycles. The van der Waals surface area contributed by atoms with Crippen LogP contribution in [0.3, 0.4) is 0 Å². The van der Waals surface area contributed by atoms with Crippen LogP contribution in [-0.2, 0) is 26.6 Å². The maximum Gasteiger partial charge on any atom is 0.416 e. The minimum Gasteiger partial charge on any atom is -0.383 e. The second kappa shape index (κ2) is 12.4. The number of carbonyl (C=O) groups is 2. The number of nitrogens with zero attached hydrogens (tertiary/aromatic N) is 1. The number of halogens is 6. The fourth-order valence-electron chi connectivity index (χ4n) is 4.78. The third kappa shape index (κ3) is 7.19. The van der Waals surface area contributed by atoms with Gasteiger partial charge in [-0.15, -0.1) is 0 Å². The molecular weight excluding hydrogens is 556 g/mol. The van der Waals surface area contributed by atoms with E-state index in [-0.39, 0.29) is 50.8 Å². The van der Waals surface area contributed by atoms with Crippen molar-refractivity contribution in [3.05, 3.63) is 71.3 Å². The highest BCUT2D eigenvalue weighted by Crippen LogP contribution is 2.39. The van der Waals surface area contributed by atoms with Crippen molar-refractivity contribution < 1.29 is 45.4 Å². The van der Waals surface area contributed by atoms with Gasteiger partial charge in [-0.1, -0.05) is 30.9 Å². The van der Waals surface area contributed by atoms with Crippen LogP contribution in [0.15, 0.2) is 54.7 Å². The Morgan fingerprint density at radius 2 is 1.73 bits per heavy atom. The van der Waals surface area contributed by atoms with Gasteiger partial charge in [0.25, 0.3) is 5.91 Å². The van der Waals surface area contributed by atoms with Gasteiger partial charge in [-0.3, -0.25) is 9.69 Å². The molecule has 13 heteroatoms. The number of carbonyl (C=O) groups excluding carboxylic acids is 2. The van der Waals surface area contributed by atoms with Gasteiger partial charge in [0.1, 0.15) is 5.54 Å². The minimum atomic E-state index is -4.99. The van der Waals surface area contributed by atoms with Crippen LogP contribution in [0.5, 0.6) is 0 Å². The molecule has 1 aromatic rings. The molecule has 0 aromatic heterocycles. The molecule has 0 saturated carbocycles. The average molecular weight is 590 g/mol. The van der Waals surface area contributed by atoms with Gasteiger partial charge < -0.3 is 20.1 Å². The number of imide groups is 1. The van der Waals surface area contributed by atoms with Crippen LogP contribution in [0, 0.1) is 0 Å². The first-order chi connectivity index (χ1) is 19.1. The van der Waals surface area contributed by atoms with Crippen molar-refractivity contribution in [3.8, 4) is 0 Å². The topological polar surface area (TPSA) is 79.9 Å². The van der Waals surface area contributed by atoms with Crippen molar-refractivity contribution in [1.29, 1.82) is 0 Å². The van der Waals surface area contributed by atoms with Crippen molar-refractivity contribution in [3.63, 3.8) is 0 Å². The molecule has 3 atom stereocenters. The first-order valence-electron chi connectivity index (χ1n) is 12.9. The molecule has 2 N–H and O–H groups in total. The zero-order valence-electron chi connectivity index (χ0n) is 22.9. The van der Waals surface area contributed by atoms with Crippen LogP contribution in [0.2, 0.25) is 0 Å². The van der Waals surface area contributed by atoms with Crippen molar-refractivity contribution in [1.82, 2.24) is 15.5 Å². The molecule has 41 heavy (non-hydrogen) atoms. The Kier molecular flexibility index (Phi) is 9.77. The number of ether oxygens (including phenoxy) is 2. The first kappa shape index (κ1) is 32.4. The standard InChI is InChI=1S/C28H33F6N3O4/c1-5-6-7-8-18(2)26(10-9-25(16-35-26)23(38)37(11-12-40-4)24(39)36-25)17-41-19(3)20-13-21(27(29,30)31)15-22(14-20)28(32,33)34/h5-8,13-15,19,35H,2,9-12,16-17H2,1,3-4H3,(H,36,39)/b6-5-,8-7-/t19-,25+,26-/m1/s1. The molecule has 2 fully saturated rings. The first-order valence-corrected chi connectivity index (χ1v) is 12.9. The number of amides is 3. The summed E-state index contributed by atoms with van der Waals surface area (Å²) in [7, 11) is 1.45. The van der Waals surface area contributed by atoms with E-state index in [9.17, 15) is 35.9 Å². The van der Waals surface area contributed by atoms with E-state index >= 15 is 0 Å². The van der Waals surface area contributed by atoms with E-state index in [2.05, 4.69) is 17.2 Å². The van der Waals surface area contributed by atoms with Crippen molar-refractivity contribution >= 4 is 11.9 Å². The molecule has 2 aliphatic heterocycles. The molecule has 0 bridgehead atoms. The second-order valence-corrected chi connectivity index (χ2v) is 10.1. The van der Waals surface area contributed by atoms with Gasteiger partial charge in [-0.25, -0.2) is 4.79 Å². The maximum absolute atomic E-state index is 13.4. The fourth-order valence-corrected chi connectivity index (χ4v) is 4.78. The van der Waals surface area contributed by atoms with Crippen LogP contribution in [0.25, 0.3) is 0 Å². The number of hydrogen-bond donors (Lipinski definition) is 2. The third-order valence-corrected chi connectivity index (χ3v) is 7.35. The molecule has 226 valence electrons. The van der Waals surface area contributed by atoms with Gasteiger partial charge in [0.2, 0.25) is 0 Å². The average Bonchev–Trinajstić information content (AvgIpc) is 3.14. The molecule has 2 aliphatic rings. The normalized spacial score (nSPS) is 24.6. The Balaban J connectivity index is 1.86. The highest BCUT2D eigenvalue weighted by atomic mass is 19.4. The lowest BCUT2D eigenvalue weighted by Crippen LogP contribution is -2.66. The van der Waals surface area contributed by atoms with Crippen LogP contribution in [-0.4, -0.2) is 61.3 Å². The van der Waals surface area contributed by atoms with Crippen LogP contribution >= 0.6 is 0 Å². The molecular formula is C28H33F6N3O4. The number of alkyl halides is 6. The highest BCUT2D eigenvalue weighted by molar-refractivity contribution is 6.07. The molecule has 0 unspecified atom stereocenters. The lowest BCUT2D eigenvalue weighted by Gasteiger charge is -2.45. The minimum absolute atomic E-state index is 0.00292. The van der Waals surface area contributed by atoms with Gasteiger partial charge in [0.15, 0.2) is 0 Å². The van der Waals surface area contributed by atoms with Crippen molar-refractivity contribution in [2.45, 2.75) is 56.2 Å². The predicted octanol–water partition coefficient (Wildman–Crippen LogP) is 5.55. The van der Waals surface area contributed by atoms with Crippen molar-refractivity contribution in [2.75, 3.05) is 33.4 Å². The Morgan fingerprint density at radius 1 is 1.10 bits per heavy atom. The van der Waals surface area contributed by atoms with Gasteiger partial charge >= 0.3 is 18.4 Å². The quantitative estimate of drug-likeness (QED) is 0.213. The molecule has 1 aromatic carbocycles. The smallest absolute Gasteiger partial charge is 0.383 e. The number of urea groups is 1. The van der Waals surface area contributed by atoms with Crippen LogP contribution < -0.4 is 10.6 Å². The number of allylic oxidation sites excluding steroid dienone is 3. The second-order valence-electron chi connectivity index (χ2n) is 10.1. The van der Waals surface area contributed by atoms with E-state index in [0.29, 0.717) is 17.7 Å². The lowest BCUT2D eigenvalue weighted by atomic mass is 9.76. The molecule has 0 aliphatic carbocycles. The number of rotatable bonds is 10. The van der Waals surface area contributed by atoms with E-state index in [1.165, 1.54) is 14.0 Å². The van der Waals surface area contributed by atoms with Crippen LogP contribution in [0.4, 0.5) is 31.1 Å². The summed E-state index contributed by atoms with van der Waals surface area (Å²) in [5.41, 5.74) is -4.90. The summed E-state index contributed by atoms with van der Waals surface area (Å²) in [4.78, 5) is 26.7. The highest BCUT2D eigenvalue weighted by Gasteiger charge is 2.55. The Bertz CT molecular complexity index is 1170. The summed E-state index contributed by atoms with van der Waals surface area (Å²) in [6, 6.07) is 0.787. The Morgan fingerprint density at radius 3 is 2.24 bits per heavy atom. The Labute approximate surface area is 234 Å². The molecule has 1 spiro atoms. The van der Waals surface area contributed by atoms with E-state index in [0.717, 1.165) is 4.90 Å². The Hall–Kier alpha value is -3.16. The zero-order chi connectivity index (χ0) is 30.6. The summed E-state index contributed by atoms with van der Waals surface area (Å²) < 4.78 is 91.2. The molecule has 3 rings (SSSR count). The van der Waals surface area contributed by atoms with E-state index in [1.54, 1.807) is 24.3 Å². The van der Waals surface area contributed by atoms with E-state index in [4.69, 9.17) is 9.47 Å². The lowest BCUT2D eigenvalue weighted by molar-refractivity contribution is -0.143.